The summed E-state index contributed by atoms with van der Waals surface area (Å²) in [5.41, 5.74) is 22.8. The van der Waals surface area contributed by atoms with Crippen LogP contribution in [0.4, 0.5) is 5.69 Å². The Morgan fingerprint density at radius 3 is 1.01 bits per heavy atom. The molecule has 0 atom stereocenters. The molecule has 8 bridgehead atoms. The fourth-order valence-electron chi connectivity index (χ4n) is 10.5. The molecule has 2 aliphatic heterocycles. The smallest absolute Gasteiger partial charge is 0.259 e. The molecule has 8 heteroatoms. The lowest BCUT2D eigenvalue weighted by Gasteiger charge is -2.16. The Bertz CT molecular complexity index is 3710. The van der Waals surface area contributed by atoms with Crippen LogP contribution in [-0.2, 0) is 14.4 Å². The van der Waals surface area contributed by atoms with E-state index in [0.717, 1.165) is 102 Å². The molecular weight excluding hydrogens is 947 g/mol. The second kappa shape index (κ2) is 21.1. The van der Waals surface area contributed by atoms with E-state index in [1.54, 1.807) is 0 Å². The van der Waals surface area contributed by atoms with Gasteiger partial charge >= 0.3 is 0 Å². The number of aromatic amines is 2. The second-order valence-electron chi connectivity index (χ2n) is 22.8. The zero-order valence-corrected chi connectivity index (χ0v) is 46.4. The third-order valence-corrected chi connectivity index (χ3v) is 15.2. The lowest BCUT2D eigenvalue weighted by Crippen LogP contribution is -2.22. The fraction of sp³-hybridized carbons (Fsp3) is 0.261. The summed E-state index contributed by atoms with van der Waals surface area (Å²) in [5.74, 6) is 0.246. The molecule has 7 aromatic rings. The molecule has 8 nitrogen and oxygen atoms in total. The first-order valence-electron chi connectivity index (χ1n) is 27.3. The molecule has 0 radical (unpaired) electrons. The Kier molecular flexibility index (Phi) is 14.3. The second-order valence-corrected chi connectivity index (χ2v) is 22.8. The minimum atomic E-state index is -0.643. The summed E-state index contributed by atoms with van der Waals surface area (Å²) in [6.45, 7) is 27.0. The summed E-state index contributed by atoms with van der Waals surface area (Å²) in [7, 11) is 0. The summed E-state index contributed by atoms with van der Waals surface area (Å²) in [4.78, 5) is 57.3. The number of benzene rings is 4. The van der Waals surface area contributed by atoms with Crippen LogP contribution in [0.3, 0.4) is 0 Å². The van der Waals surface area contributed by atoms with Crippen LogP contribution < -0.4 is 5.32 Å². The number of H-pyrrole nitrogens is 2. The number of rotatable bonds is 12. The molecule has 0 saturated heterocycles. The van der Waals surface area contributed by atoms with Crippen LogP contribution >= 0.6 is 0 Å². The van der Waals surface area contributed by atoms with Gasteiger partial charge in [0.2, 0.25) is 0 Å². The third kappa shape index (κ3) is 10.5. The van der Waals surface area contributed by atoms with Crippen molar-refractivity contribution in [2.24, 2.45) is 0 Å². The van der Waals surface area contributed by atoms with Crippen LogP contribution in [0.1, 0.15) is 175 Å². The molecule has 5 heterocycles. The fourth-order valence-corrected chi connectivity index (χ4v) is 10.5. The summed E-state index contributed by atoms with van der Waals surface area (Å²) in [6, 6.07) is 37.3. The number of amides is 1. The maximum absolute atomic E-state index is 13.4. The largest absolute Gasteiger partial charge is 0.354 e. The zero-order chi connectivity index (χ0) is 54.6. The highest BCUT2D eigenvalue weighted by Crippen LogP contribution is 2.42. The van der Waals surface area contributed by atoms with Gasteiger partial charge in [-0.25, -0.2) is 9.97 Å². The molecule has 0 saturated carbocycles. The van der Waals surface area contributed by atoms with Gasteiger partial charge in [0.05, 0.1) is 28.3 Å². The lowest BCUT2D eigenvalue weighted by atomic mass is 9.90. The van der Waals surface area contributed by atoms with Crippen molar-refractivity contribution in [2.45, 2.75) is 119 Å². The van der Waals surface area contributed by atoms with Gasteiger partial charge in [-0.15, -0.1) is 0 Å². The van der Waals surface area contributed by atoms with E-state index in [9.17, 15) is 14.4 Å². The van der Waals surface area contributed by atoms with Crippen molar-refractivity contribution >= 4 is 69.5 Å². The van der Waals surface area contributed by atoms with Crippen LogP contribution in [0.15, 0.2) is 127 Å². The highest BCUT2D eigenvalue weighted by molar-refractivity contribution is 6.32. The number of nitrogens with zero attached hydrogens (tertiary/aromatic N) is 2. The Hall–Kier alpha value is -8.23. The lowest BCUT2D eigenvalue weighted by molar-refractivity contribution is -0.119. The zero-order valence-electron chi connectivity index (χ0n) is 46.4. The highest BCUT2D eigenvalue weighted by atomic mass is 16.2. The Morgan fingerprint density at radius 1 is 0.390 bits per heavy atom. The van der Waals surface area contributed by atoms with Gasteiger partial charge in [0, 0.05) is 56.1 Å². The van der Waals surface area contributed by atoms with Gasteiger partial charge in [-0.2, -0.15) is 0 Å². The molecule has 388 valence electrons. The first-order valence-corrected chi connectivity index (χ1v) is 27.3. The first-order chi connectivity index (χ1) is 36.8. The van der Waals surface area contributed by atoms with E-state index in [-0.39, 0.29) is 5.57 Å². The highest BCUT2D eigenvalue weighted by Gasteiger charge is 2.24. The van der Waals surface area contributed by atoms with E-state index in [4.69, 9.17) is 9.97 Å². The molecule has 3 aliphatic rings. The van der Waals surface area contributed by atoms with Gasteiger partial charge in [-0.3, -0.25) is 14.4 Å². The number of hydrogen-bond donors (Lipinski definition) is 3. The Balaban J connectivity index is 1.33. The third-order valence-electron chi connectivity index (χ3n) is 15.2. The average molecular weight is 1020 g/mol. The molecule has 10 rings (SSSR count). The van der Waals surface area contributed by atoms with Crippen molar-refractivity contribution in [1.29, 1.82) is 0 Å². The van der Waals surface area contributed by atoms with Crippen LogP contribution in [0.5, 0.6) is 0 Å². The predicted molar refractivity (Wildman–Crippen MR) is 321 cm³/mol. The Labute approximate surface area is 453 Å². The van der Waals surface area contributed by atoms with Gasteiger partial charge in [0.1, 0.15) is 0 Å². The van der Waals surface area contributed by atoms with Crippen LogP contribution in [0.2, 0.25) is 0 Å². The van der Waals surface area contributed by atoms with Crippen molar-refractivity contribution in [3.8, 4) is 44.5 Å². The summed E-state index contributed by atoms with van der Waals surface area (Å²) in [5, 5.41) is 2.84. The summed E-state index contributed by atoms with van der Waals surface area (Å²) in [6.07, 6.45) is 12.0. The van der Waals surface area contributed by atoms with Crippen molar-refractivity contribution in [3.63, 3.8) is 0 Å². The molecule has 3 N–H and O–H groups in total. The molecule has 4 aromatic carbocycles. The molecule has 1 amide bonds. The maximum atomic E-state index is 13.4. The van der Waals surface area contributed by atoms with Crippen molar-refractivity contribution in [3.05, 3.63) is 183 Å². The molecule has 0 spiro atoms. The van der Waals surface area contributed by atoms with Crippen LogP contribution in [0.25, 0.3) is 90.9 Å². The van der Waals surface area contributed by atoms with Crippen LogP contribution in [-0.4, -0.2) is 37.4 Å². The quantitative estimate of drug-likeness (QED) is 0.0831. The molecule has 1 aliphatic carbocycles. The van der Waals surface area contributed by atoms with E-state index in [0.29, 0.717) is 41.2 Å². The molecule has 0 unspecified atom stereocenters. The number of ketones is 2. The maximum Gasteiger partial charge on any atom is 0.259 e. The van der Waals surface area contributed by atoms with Crippen molar-refractivity contribution in [1.82, 2.24) is 19.9 Å². The van der Waals surface area contributed by atoms with Gasteiger partial charge in [0.15, 0.2) is 11.6 Å². The minimum Gasteiger partial charge on any atom is -0.354 e. The number of fused-ring (bicyclic) bond motifs is 8. The predicted octanol–water partition coefficient (Wildman–Crippen LogP) is 17.6. The number of carbonyl (C=O) groups excluding carboxylic acids is 3. The van der Waals surface area contributed by atoms with E-state index >= 15 is 0 Å². The number of hydrogen-bond acceptors (Lipinski definition) is 5. The molecule has 0 fully saturated rings. The van der Waals surface area contributed by atoms with Gasteiger partial charge in [-0.05, 0) is 164 Å². The number of aromatic nitrogens is 4. The van der Waals surface area contributed by atoms with Gasteiger partial charge < -0.3 is 15.3 Å². The molecular formula is C69H69N5O3. The van der Waals surface area contributed by atoms with Crippen molar-refractivity contribution < 1.29 is 14.4 Å². The topological polar surface area (TPSA) is 121 Å². The number of anilines is 1. The number of allylic oxidation sites excluding steroid dienone is 3. The minimum absolute atomic E-state index is 0.200. The number of carbonyl (C=O) groups is 3. The summed E-state index contributed by atoms with van der Waals surface area (Å²) < 4.78 is 0. The Morgan fingerprint density at radius 2 is 0.701 bits per heavy atom. The van der Waals surface area contributed by atoms with Gasteiger partial charge in [0.25, 0.3) is 5.91 Å². The van der Waals surface area contributed by atoms with E-state index in [1.807, 2.05) is 24.3 Å². The SMILES string of the molecule is CC(C)c1cc(-c2c3nc(c(-c4cc(C(C)C)cc(C(C)C)c4)c4ccc([nH]4)c(-c4cc(C(C)C)cc(C(C)C)c4)c4nc(c(-c5ccc(NC(=O)C6=CC(=O)C=CC6=O)cc5)c5ccc2[nH]5)C=C4)C=C3)cc(C(C)C)c1. The molecule has 3 aromatic heterocycles. The van der Waals surface area contributed by atoms with E-state index < -0.39 is 17.5 Å². The van der Waals surface area contributed by atoms with Gasteiger partial charge in [-0.1, -0.05) is 150 Å². The monoisotopic (exact) mass is 1020 g/mol. The molecule has 77 heavy (non-hydrogen) atoms. The summed E-state index contributed by atoms with van der Waals surface area (Å²) >= 11 is 0. The number of nitrogens with one attached hydrogen (secondary N) is 3. The standard InChI is InChI=1S/C69H69N5O3/c1-37(2)44-27-45(38(3)4)31-50(30-44)66-58-20-18-56(71-58)65(43-13-15-53(16-14-43)70-69(77)55-36-54(75)17-26-64(55)76)57-19-21-59(72-57)67(51-32-46(39(5)6)28-47(33-51)40(7)8)61-23-25-63(74-61)68(62-24-22-60(66)73-62)52-34-48(41(9)10)29-49(35-52)42(11)12/h13-42,71,74H,1-12H3,(H,70,77). The first kappa shape index (κ1) is 52.2. The average Bonchev–Trinajstić information content (AvgIpc) is 4.30. The van der Waals surface area contributed by atoms with E-state index in [1.165, 1.54) is 39.5 Å². The van der Waals surface area contributed by atoms with Crippen LogP contribution in [0, 0.1) is 0 Å². The van der Waals surface area contributed by atoms with E-state index in [2.05, 4.69) is 202 Å². The normalized spacial score (nSPS) is 13.4. The van der Waals surface area contributed by atoms with Crippen molar-refractivity contribution in [2.75, 3.05) is 5.32 Å².